The highest BCUT2D eigenvalue weighted by Crippen LogP contribution is 2.15. The van der Waals surface area contributed by atoms with Crippen molar-refractivity contribution in [3.63, 3.8) is 0 Å². The number of nitrogens with one attached hydrogen (secondary N) is 2. The molecule has 0 aliphatic heterocycles. The Morgan fingerprint density at radius 2 is 1.94 bits per heavy atom. The van der Waals surface area contributed by atoms with Gasteiger partial charge in [-0.1, -0.05) is 26.2 Å². The molecule has 4 heteroatoms. The van der Waals surface area contributed by atoms with E-state index in [2.05, 4.69) is 17.8 Å². The van der Waals surface area contributed by atoms with Crippen molar-refractivity contribution < 1.29 is 9.53 Å². The Morgan fingerprint density at radius 3 is 2.59 bits per heavy atom. The number of hydrazine groups is 1. The zero-order valence-corrected chi connectivity index (χ0v) is 10.2. The minimum absolute atomic E-state index is 0.595. The summed E-state index contributed by atoms with van der Waals surface area (Å²) in [7, 11) is 0. The number of carbonyl (C=O) groups is 1. The molecule has 0 radical (unpaired) electrons. The van der Waals surface area contributed by atoms with Crippen LogP contribution < -0.4 is 15.6 Å². The maximum Gasteiger partial charge on any atom is 0.225 e. The van der Waals surface area contributed by atoms with Crippen LogP contribution in [0.3, 0.4) is 0 Å². The third-order valence-corrected chi connectivity index (χ3v) is 2.40. The second kappa shape index (κ2) is 8.44. The first-order valence-corrected chi connectivity index (χ1v) is 6.05. The first kappa shape index (κ1) is 13.4. The summed E-state index contributed by atoms with van der Waals surface area (Å²) in [5.41, 5.74) is 5.94. The number of ether oxygens (including phenoxy) is 1. The Hall–Kier alpha value is -1.71. The third-order valence-electron chi connectivity index (χ3n) is 2.40. The van der Waals surface area contributed by atoms with Gasteiger partial charge in [0.25, 0.3) is 0 Å². The summed E-state index contributed by atoms with van der Waals surface area (Å²) in [5.74, 6) is 0.859. The van der Waals surface area contributed by atoms with Gasteiger partial charge in [0.1, 0.15) is 5.75 Å². The van der Waals surface area contributed by atoms with Gasteiger partial charge in [0.05, 0.1) is 12.3 Å². The summed E-state index contributed by atoms with van der Waals surface area (Å²) in [6.45, 7) is 2.96. The van der Waals surface area contributed by atoms with E-state index in [0.717, 1.165) is 24.5 Å². The number of unbranched alkanes of at least 4 members (excludes halogenated alkanes) is 3. The van der Waals surface area contributed by atoms with E-state index in [1.807, 2.05) is 24.3 Å². The molecule has 0 unspecified atom stereocenters. The number of hydrogen-bond acceptors (Lipinski definition) is 3. The minimum atomic E-state index is 0.595. The number of hydrogen-bond donors (Lipinski definition) is 2. The van der Waals surface area contributed by atoms with E-state index in [0.29, 0.717) is 6.41 Å². The van der Waals surface area contributed by atoms with Crippen LogP contribution in [0.1, 0.15) is 32.6 Å². The predicted molar refractivity (Wildman–Crippen MR) is 68.9 cm³/mol. The number of amides is 1. The van der Waals surface area contributed by atoms with Gasteiger partial charge in [-0.3, -0.25) is 15.6 Å². The van der Waals surface area contributed by atoms with E-state index in [4.69, 9.17) is 4.74 Å². The molecule has 0 saturated carbocycles. The summed E-state index contributed by atoms with van der Waals surface area (Å²) < 4.78 is 5.59. The fraction of sp³-hybridized carbons (Fsp3) is 0.462. The summed E-state index contributed by atoms with van der Waals surface area (Å²) >= 11 is 0. The van der Waals surface area contributed by atoms with Crippen LogP contribution in [0.4, 0.5) is 5.69 Å². The van der Waals surface area contributed by atoms with Gasteiger partial charge in [-0.25, -0.2) is 0 Å². The molecule has 0 heterocycles. The average Bonchev–Trinajstić information content (AvgIpc) is 2.37. The molecule has 0 aliphatic carbocycles. The fourth-order valence-electron chi connectivity index (χ4n) is 1.47. The summed E-state index contributed by atoms with van der Waals surface area (Å²) in [6, 6.07) is 7.49. The molecule has 0 spiro atoms. The Kier molecular flexibility index (Phi) is 6.63. The van der Waals surface area contributed by atoms with Crippen molar-refractivity contribution in [3.8, 4) is 5.75 Å². The number of anilines is 1. The Balaban J connectivity index is 2.23. The van der Waals surface area contributed by atoms with Gasteiger partial charge in [-0.15, -0.1) is 0 Å². The van der Waals surface area contributed by atoms with Crippen molar-refractivity contribution in [3.05, 3.63) is 24.3 Å². The largest absolute Gasteiger partial charge is 0.494 e. The van der Waals surface area contributed by atoms with Crippen LogP contribution in [0.25, 0.3) is 0 Å². The molecular formula is C13H20N2O2. The molecular weight excluding hydrogens is 216 g/mol. The van der Waals surface area contributed by atoms with Gasteiger partial charge >= 0.3 is 0 Å². The van der Waals surface area contributed by atoms with Crippen molar-refractivity contribution in [1.82, 2.24) is 5.43 Å². The van der Waals surface area contributed by atoms with Crippen LogP contribution in [0.15, 0.2) is 24.3 Å². The van der Waals surface area contributed by atoms with E-state index < -0.39 is 0 Å². The van der Waals surface area contributed by atoms with Crippen LogP contribution in [-0.2, 0) is 4.79 Å². The van der Waals surface area contributed by atoms with Gasteiger partial charge < -0.3 is 4.74 Å². The summed E-state index contributed by atoms with van der Waals surface area (Å²) in [5, 5.41) is 0. The highest BCUT2D eigenvalue weighted by Gasteiger charge is 1.95. The average molecular weight is 236 g/mol. The molecule has 2 N–H and O–H groups in total. The Labute approximate surface area is 102 Å². The Bertz CT molecular complexity index is 312. The molecule has 0 saturated heterocycles. The number of carbonyl (C=O) groups excluding carboxylic acids is 1. The zero-order chi connectivity index (χ0) is 12.3. The van der Waals surface area contributed by atoms with E-state index in [9.17, 15) is 4.79 Å². The van der Waals surface area contributed by atoms with Crippen molar-refractivity contribution in [1.29, 1.82) is 0 Å². The molecule has 1 amide bonds. The molecule has 0 aromatic heterocycles. The molecule has 0 aliphatic rings. The topological polar surface area (TPSA) is 50.4 Å². The van der Waals surface area contributed by atoms with Gasteiger partial charge in [0.15, 0.2) is 0 Å². The molecule has 0 fully saturated rings. The van der Waals surface area contributed by atoms with Crippen LogP contribution in [0.2, 0.25) is 0 Å². The fourth-order valence-corrected chi connectivity index (χ4v) is 1.47. The Morgan fingerprint density at radius 1 is 1.18 bits per heavy atom. The van der Waals surface area contributed by atoms with Gasteiger partial charge in [0, 0.05) is 0 Å². The van der Waals surface area contributed by atoms with Crippen LogP contribution in [-0.4, -0.2) is 13.0 Å². The molecule has 1 aromatic rings. The van der Waals surface area contributed by atoms with Crippen molar-refractivity contribution in [2.24, 2.45) is 0 Å². The standard InChI is InChI=1S/C13H20N2O2/c1-2-3-4-5-10-17-13-8-6-12(7-9-13)15-14-11-16/h6-9,11,15H,2-5,10H2,1H3,(H,14,16). The van der Waals surface area contributed by atoms with Crippen LogP contribution >= 0.6 is 0 Å². The lowest BCUT2D eigenvalue weighted by Gasteiger charge is -2.07. The highest BCUT2D eigenvalue weighted by atomic mass is 16.5. The first-order chi connectivity index (χ1) is 8.36. The monoisotopic (exact) mass is 236 g/mol. The first-order valence-electron chi connectivity index (χ1n) is 6.05. The van der Waals surface area contributed by atoms with E-state index >= 15 is 0 Å². The zero-order valence-electron chi connectivity index (χ0n) is 10.2. The smallest absolute Gasteiger partial charge is 0.225 e. The van der Waals surface area contributed by atoms with Crippen LogP contribution in [0.5, 0.6) is 5.75 Å². The molecule has 0 atom stereocenters. The van der Waals surface area contributed by atoms with Gasteiger partial charge in [-0.05, 0) is 30.7 Å². The SMILES string of the molecule is CCCCCCOc1ccc(NNC=O)cc1. The molecule has 94 valence electrons. The second-order valence-electron chi connectivity index (χ2n) is 3.82. The molecule has 0 bridgehead atoms. The number of benzene rings is 1. The lowest BCUT2D eigenvalue weighted by molar-refractivity contribution is -0.109. The number of rotatable bonds is 9. The highest BCUT2D eigenvalue weighted by molar-refractivity contribution is 5.53. The molecule has 1 rings (SSSR count). The van der Waals surface area contributed by atoms with Crippen molar-refractivity contribution in [2.45, 2.75) is 32.6 Å². The third kappa shape index (κ3) is 5.80. The summed E-state index contributed by atoms with van der Waals surface area (Å²) in [4.78, 5) is 10.1. The maximum atomic E-state index is 10.1. The lowest BCUT2D eigenvalue weighted by atomic mass is 10.2. The summed E-state index contributed by atoms with van der Waals surface area (Å²) in [6.07, 6.45) is 5.42. The van der Waals surface area contributed by atoms with Crippen molar-refractivity contribution >= 4 is 12.1 Å². The minimum Gasteiger partial charge on any atom is -0.494 e. The van der Waals surface area contributed by atoms with Crippen molar-refractivity contribution in [2.75, 3.05) is 12.0 Å². The van der Waals surface area contributed by atoms with Gasteiger partial charge in [0.2, 0.25) is 6.41 Å². The van der Waals surface area contributed by atoms with E-state index in [-0.39, 0.29) is 0 Å². The van der Waals surface area contributed by atoms with Gasteiger partial charge in [-0.2, -0.15) is 0 Å². The predicted octanol–water partition coefficient (Wildman–Crippen LogP) is 2.72. The normalized spacial score (nSPS) is 9.71. The van der Waals surface area contributed by atoms with E-state index in [1.54, 1.807) is 0 Å². The molecule has 1 aromatic carbocycles. The molecule has 17 heavy (non-hydrogen) atoms. The maximum absolute atomic E-state index is 10.1. The lowest BCUT2D eigenvalue weighted by Crippen LogP contribution is -2.18. The quantitative estimate of drug-likeness (QED) is 0.394. The molecule has 4 nitrogen and oxygen atoms in total. The van der Waals surface area contributed by atoms with E-state index in [1.165, 1.54) is 19.3 Å². The van der Waals surface area contributed by atoms with Crippen LogP contribution in [0, 0.1) is 0 Å². The second-order valence-corrected chi connectivity index (χ2v) is 3.82.